The maximum atomic E-state index is 5.10. The normalized spacial score (nSPS) is 17.0. The van der Waals surface area contributed by atoms with Crippen LogP contribution in [0.25, 0.3) is 0 Å². The molecular weight excluding hydrogens is 174 g/mol. The summed E-state index contributed by atoms with van der Waals surface area (Å²) >= 11 is 0. The fraction of sp³-hybridized carbons (Fsp3) is 0.500. The van der Waals surface area contributed by atoms with Gasteiger partial charge in [-0.25, -0.2) is 0 Å². The number of hydrogen-bond acceptors (Lipinski definition) is 2. The molecule has 1 aromatic carbocycles. The van der Waals surface area contributed by atoms with Crippen LogP contribution in [0, 0.1) is 6.92 Å². The Bertz CT molecular complexity index is 229. The average molecular weight is 193 g/mol. The molecule has 1 saturated heterocycles. The van der Waals surface area contributed by atoms with Crippen LogP contribution in [-0.4, -0.2) is 38.3 Å². The van der Waals surface area contributed by atoms with Gasteiger partial charge in [-0.3, -0.25) is 0 Å². The Morgan fingerprint density at radius 3 is 1.93 bits per heavy atom. The van der Waals surface area contributed by atoms with Crippen molar-refractivity contribution >= 4 is 0 Å². The maximum Gasteiger partial charge on any atom is 0.0594 e. The number of ether oxygens (including phenoxy) is 1. The van der Waals surface area contributed by atoms with Crippen molar-refractivity contribution in [3.05, 3.63) is 35.9 Å². The third-order valence-electron chi connectivity index (χ3n) is 2.18. The smallest absolute Gasteiger partial charge is 0.0594 e. The lowest BCUT2D eigenvalue weighted by atomic mass is 10.2. The lowest BCUT2D eigenvalue weighted by Gasteiger charge is -2.21. The van der Waals surface area contributed by atoms with Gasteiger partial charge in [-0.15, -0.1) is 0 Å². The zero-order valence-corrected chi connectivity index (χ0v) is 9.07. The van der Waals surface area contributed by atoms with Crippen molar-refractivity contribution in [1.82, 2.24) is 4.90 Å². The van der Waals surface area contributed by atoms with Gasteiger partial charge in [-0.2, -0.15) is 0 Å². The van der Waals surface area contributed by atoms with E-state index in [2.05, 4.69) is 31.0 Å². The first-order chi connectivity index (χ1) is 6.79. The van der Waals surface area contributed by atoms with E-state index in [1.54, 1.807) is 0 Å². The first kappa shape index (κ1) is 11.2. The molecule has 1 aliphatic heterocycles. The van der Waals surface area contributed by atoms with Crippen LogP contribution in [0.15, 0.2) is 30.3 Å². The molecule has 2 heteroatoms. The summed E-state index contributed by atoms with van der Waals surface area (Å²) in [5.41, 5.74) is 1.32. The Balaban J connectivity index is 0.000000140. The predicted molar refractivity (Wildman–Crippen MR) is 59.5 cm³/mol. The van der Waals surface area contributed by atoms with Crippen LogP contribution in [-0.2, 0) is 4.74 Å². The van der Waals surface area contributed by atoms with Crippen LogP contribution < -0.4 is 0 Å². The highest BCUT2D eigenvalue weighted by Crippen LogP contribution is 1.92. The second-order valence-corrected chi connectivity index (χ2v) is 3.57. The molecule has 1 fully saturated rings. The van der Waals surface area contributed by atoms with Gasteiger partial charge in [0.25, 0.3) is 0 Å². The maximum absolute atomic E-state index is 5.10. The minimum absolute atomic E-state index is 0.913. The van der Waals surface area contributed by atoms with E-state index in [0.29, 0.717) is 0 Å². The van der Waals surface area contributed by atoms with E-state index in [0.717, 1.165) is 26.3 Å². The standard InChI is InChI=1S/C7H8.C5H11NO/c1-7-5-3-2-4-6-7;1-6-2-4-7-5-3-6/h2-6H,1H3;2-5H2,1H3. The number of benzene rings is 1. The second kappa shape index (κ2) is 6.57. The third kappa shape index (κ3) is 5.00. The molecule has 1 aliphatic rings. The number of nitrogens with zero attached hydrogens (tertiary/aromatic N) is 1. The van der Waals surface area contributed by atoms with Gasteiger partial charge in [0.1, 0.15) is 0 Å². The van der Waals surface area contributed by atoms with Crippen LogP contribution >= 0.6 is 0 Å². The Morgan fingerprint density at radius 2 is 1.64 bits per heavy atom. The van der Waals surface area contributed by atoms with E-state index in [1.807, 2.05) is 18.2 Å². The summed E-state index contributed by atoms with van der Waals surface area (Å²) in [4.78, 5) is 2.27. The van der Waals surface area contributed by atoms with Crippen molar-refractivity contribution in [2.45, 2.75) is 6.92 Å². The molecule has 0 amide bonds. The molecule has 0 unspecified atom stereocenters. The molecule has 0 radical (unpaired) electrons. The first-order valence-electron chi connectivity index (χ1n) is 5.07. The van der Waals surface area contributed by atoms with Gasteiger partial charge in [0, 0.05) is 13.1 Å². The molecule has 0 atom stereocenters. The average Bonchev–Trinajstić information content (AvgIpc) is 2.21. The zero-order valence-electron chi connectivity index (χ0n) is 9.07. The van der Waals surface area contributed by atoms with Gasteiger partial charge in [0.15, 0.2) is 0 Å². The van der Waals surface area contributed by atoms with Crippen LogP contribution in [0.1, 0.15) is 5.56 Å². The van der Waals surface area contributed by atoms with Gasteiger partial charge < -0.3 is 9.64 Å². The van der Waals surface area contributed by atoms with Crippen molar-refractivity contribution in [2.75, 3.05) is 33.4 Å². The molecular formula is C12H19NO. The molecule has 78 valence electrons. The van der Waals surface area contributed by atoms with E-state index in [9.17, 15) is 0 Å². The summed E-state index contributed by atoms with van der Waals surface area (Å²) in [7, 11) is 2.11. The van der Waals surface area contributed by atoms with E-state index >= 15 is 0 Å². The van der Waals surface area contributed by atoms with Gasteiger partial charge >= 0.3 is 0 Å². The zero-order chi connectivity index (χ0) is 10.2. The van der Waals surface area contributed by atoms with Gasteiger partial charge in [-0.05, 0) is 14.0 Å². The minimum Gasteiger partial charge on any atom is -0.379 e. The van der Waals surface area contributed by atoms with Crippen molar-refractivity contribution in [2.24, 2.45) is 0 Å². The van der Waals surface area contributed by atoms with Gasteiger partial charge in [0.05, 0.1) is 13.2 Å². The third-order valence-corrected chi connectivity index (χ3v) is 2.18. The van der Waals surface area contributed by atoms with Crippen LogP contribution in [0.5, 0.6) is 0 Å². The molecule has 0 aliphatic carbocycles. The van der Waals surface area contributed by atoms with E-state index in [-0.39, 0.29) is 0 Å². The fourth-order valence-corrected chi connectivity index (χ4v) is 1.19. The summed E-state index contributed by atoms with van der Waals surface area (Å²) < 4.78 is 5.10. The molecule has 14 heavy (non-hydrogen) atoms. The summed E-state index contributed by atoms with van der Waals surface area (Å²) in [6.45, 7) is 6.10. The molecule has 0 bridgehead atoms. The molecule has 0 spiro atoms. The lowest BCUT2D eigenvalue weighted by molar-refractivity contribution is 0.0503. The number of hydrogen-bond donors (Lipinski definition) is 0. The topological polar surface area (TPSA) is 12.5 Å². The van der Waals surface area contributed by atoms with Crippen LogP contribution in [0.4, 0.5) is 0 Å². The fourth-order valence-electron chi connectivity index (χ4n) is 1.19. The van der Waals surface area contributed by atoms with E-state index < -0.39 is 0 Å². The molecule has 2 nitrogen and oxygen atoms in total. The molecule has 1 aromatic rings. The Kier molecular flexibility index (Phi) is 5.27. The Labute approximate surface area is 86.5 Å². The van der Waals surface area contributed by atoms with Crippen molar-refractivity contribution in [3.8, 4) is 0 Å². The summed E-state index contributed by atoms with van der Waals surface area (Å²) in [6.07, 6.45) is 0. The molecule has 0 saturated carbocycles. The molecule has 2 rings (SSSR count). The summed E-state index contributed by atoms with van der Waals surface area (Å²) in [5.74, 6) is 0. The highest BCUT2D eigenvalue weighted by Gasteiger charge is 2.02. The van der Waals surface area contributed by atoms with E-state index in [4.69, 9.17) is 4.74 Å². The van der Waals surface area contributed by atoms with Gasteiger partial charge in [-0.1, -0.05) is 35.9 Å². The SMILES string of the molecule is CN1CCOCC1.Cc1ccccc1. The monoisotopic (exact) mass is 193 g/mol. The van der Waals surface area contributed by atoms with Crippen LogP contribution in [0.3, 0.4) is 0 Å². The Morgan fingerprint density at radius 1 is 1.07 bits per heavy atom. The largest absolute Gasteiger partial charge is 0.379 e. The highest BCUT2D eigenvalue weighted by atomic mass is 16.5. The van der Waals surface area contributed by atoms with Crippen molar-refractivity contribution in [1.29, 1.82) is 0 Å². The first-order valence-corrected chi connectivity index (χ1v) is 5.07. The molecule has 1 heterocycles. The summed E-state index contributed by atoms with van der Waals surface area (Å²) in [6, 6.07) is 10.3. The van der Waals surface area contributed by atoms with Crippen LogP contribution in [0.2, 0.25) is 0 Å². The minimum atomic E-state index is 0.913. The number of likely N-dealkylation sites (N-methyl/N-ethyl adjacent to an activating group) is 1. The highest BCUT2D eigenvalue weighted by molar-refractivity contribution is 5.11. The number of rotatable bonds is 0. The van der Waals surface area contributed by atoms with E-state index in [1.165, 1.54) is 5.56 Å². The summed E-state index contributed by atoms with van der Waals surface area (Å²) in [5, 5.41) is 0. The predicted octanol–water partition coefficient (Wildman–Crippen LogP) is 1.94. The molecule has 0 N–H and O–H groups in total. The Hall–Kier alpha value is -0.860. The number of aryl methyl sites for hydroxylation is 1. The van der Waals surface area contributed by atoms with Crippen molar-refractivity contribution < 1.29 is 4.74 Å². The van der Waals surface area contributed by atoms with Crippen molar-refractivity contribution in [3.63, 3.8) is 0 Å². The lowest BCUT2D eigenvalue weighted by Crippen LogP contribution is -2.32. The second-order valence-electron chi connectivity index (χ2n) is 3.57. The number of morpholine rings is 1. The quantitative estimate of drug-likeness (QED) is 0.624. The van der Waals surface area contributed by atoms with Gasteiger partial charge in [0.2, 0.25) is 0 Å². The molecule has 0 aromatic heterocycles.